The van der Waals surface area contributed by atoms with Crippen LogP contribution in [0.2, 0.25) is 0 Å². The lowest BCUT2D eigenvalue weighted by atomic mass is 9.81. The van der Waals surface area contributed by atoms with E-state index in [2.05, 4.69) is 134 Å². The van der Waals surface area contributed by atoms with Crippen LogP contribution >= 0.6 is 12.2 Å². The van der Waals surface area contributed by atoms with Crippen molar-refractivity contribution in [3.05, 3.63) is 131 Å². The molecule has 3 aromatic rings. The predicted octanol–water partition coefficient (Wildman–Crippen LogP) is 7.52. The van der Waals surface area contributed by atoms with Gasteiger partial charge < -0.3 is 33.6 Å². The molecule has 0 aromatic heterocycles. The monoisotopic (exact) mass is 753 g/mol. The van der Waals surface area contributed by atoms with Crippen molar-refractivity contribution in [1.82, 2.24) is 0 Å². The number of para-hydroxylation sites is 2. The second-order valence-electron chi connectivity index (χ2n) is 13.2. The van der Waals surface area contributed by atoms with E-state index < -0.39 is 0 Å². The van der Waals surface area contributed by atoms with Crippen molar-refractivity contribution in [1.29, 1.82) is 0 Å². The van der Waals surface area contributed by atoms with Crippen molar-refractivity contribution in [3.8, 4) is 5.75 Å². The number of nitrogens with zero attached hydrogens (tertiary/aromatic N) is 3. The summed E-state index contributed by atoms with van der Waals surface area (Å²) in [7, 11) is 0. The van der Waals surface area contributed by atoms with Crippen molar-refractivity contribution in [2.75, 3.05) is 18.0 Å². The number of benzene rings is 3. The Balaban J connectivity index is 0.00000433. The fourth-order valence-corrected chi connectivity index (χ4v) is 7.54. The average Bonchev–Trinajstić information content (AvgIpc) is 3.42. The van der Waals surface area contributed by atoms with Crippen molar-refractivity contribution in [2.45, 2.75) is 71.6 Å². The molecule has 0 saturated heterocycles. The molecule has 2 aliphatic heterocycles. The molecule has 4 nitrogen and oxygen atoms in total. The van der Waals surface area contributed by atoms with Gasteiger partial charge in [-0.15, -0.1) is 0 Å². The summed E-state index contributed by atoms with van der Waals surface area (Å²) >= 11 is 4.80. The standard InChI is InChI=1S/C41H44N3OS.HI/c1-7-43-35-18-11-9-16-33(35)40(3,4)37(43)26-20-29-14-13-15-30(39(29)45-32-24-22-31(23-25-32)42-28-46)21-27-38-41(5,6)34-17-10-12-19-36(34)44(38)8-2;/h9-12,16-27H,7-8,13-15H2,1-6H3;1H/q+1;/p-1. The molecule has 0 bridgehead atoms. The largest absolute Gasteiger partial charge is 1.00 e. The summed E-state index contributed by atoms with van der Waals surface area (Å²) in [4.78, 5) is 6.57. The quantitative estimate of drug-likeness (QED) is 0.103. The lowest BCUT2D eigenvalue weighted by Gasteiger charge is -2.26. The molecule has 0 unspecified atom stereocenters. The number of hydrogen-bond donors (Lipinski definition) is 0. The Kier molecular flexibility index (Phi) is 10.5. The molecule has 242 valence electrons. The maximum absolute atomic E-state index is 6.78. The highest BCUT2D eigenvalue weighted by atomic mass is 127. The van der Waals surface area contributed by atoms with E-state index in [1.807, 2.05) is 24.3 Å². The van der Waals surface area contributed by atoms with Gasteiger partial charge in [-0.25, -0.2) is 0 Å². The van der Waals surface area contributed by atoms with Crippen LogP contribution in [0.25, 0.3) is 0 Å². The van der Waals surface area contributed by atoms with Crippen LogP contribution in [0.1, 0.15) is 71.9 Å². The first-order chi connectivity index (χ1) is 22.2. The summed E-state index contributed by atoms with van der Waals surface area (Å²) in [5.41, 5.74) is 11.0. The lowest BCUT2D eigenvalue weighted by molar-refractivity contribution is -0.433. The molecule has 3 aliphatic rings. The van der Waals surface area contributed by atoms with Crippen LogP contribution in [0.5, 0.6) is 5.75 Å². The second kappa shape index (κ2) is 14.3. The van der Waals surface area contributed by atoms with Gasteiger partial charge in [0.15, 0.2) is 5.71 Å². The molecule has 3 aromatic carbocycles. The van der Waals surface area contributed by atoms with Crippen LogP contribution in [0.4, 0.5) is 17.1 Å². The van der Waals surface area contributed by atoms with Gasteiger partial charge in [-0.3, -0.25) is 0 Å². The maximum atomic E-state index is 6.78. The van der Waals surface area contributed by atoms with Gasteiger partial charge >= 0.3 is 0 Å². The molecular weight excluding hydrogens is 709 g/mol. The summed E-state index contributed by atoms with van der Waals surface area (Å²) in [6.07, 6.45) is 12.3. The van der Waals surface area contributed by atoms with Crippen LogP contribution in [-0.4, -0.2) is 28.5 Å². The van der Waals surface area contributed by atoms with Gasteiger partial charge in [-0.2, -0.15) is 9.57 Å². The molecule has 47 heavy (non-hydrogen) atoms. The van der Waals surface area contributed by atoms with Gasteiger partial charge in [-0.1, -0.05) is 56.3 Å². The third kappa shape index (κ3) is 6.48. The summed E-state index contributed by atoms with van der Waals surface area (Å²) in [6.45, 7) is 15.6. The normalized spacial score (nSPS) is 19.6. The molecule has 0 fully saturated rings. The van der Waals surface area contributed by atoms with E-state index in [4.69, 9.17) is 17.0 Å². The number of aliphatic imine (C=N–C) groups is 1. The molecule has 6 heteroatoms. The lowest BCUT2D eigenvalue weighted by Crippen LogP contribution is -3.00. The van der Waals surface area contributed by atoms with E-state index in [1.165, 1.54) is 45.1 Å². The van der Waals surface area contributed by atoms with E-state index in [9.17, 15) is 0 Å². The molecule has 0 N–H and O–H groups in total. The third-order valence-corrected chi connectivity index (χ3v) is 9.91. The zero-order valence-corrected chi connectivity index (χ0v) is 31.3. The van der Waals surface area contributed by atoms with Gasteiger partial charge in [0, 0.05) is 41.1 Å². The van der Waals surface area contributed by atoms with Crippen LogP contribution in [-0.2, 0) is 10.8 Å². The summed E-state index contributed by atoms with van der Waals surface area (Å²) in [5, 5.41) is 2.45. The highest BCUT2D eigenvalue weighted by Gasteiger charge is 2.43. The molecule has 6 rings (SSSR count). The zero-order valence-electron chi connectivity index (χ0n) is 28.3. The number of likely N-dealkylation sites (N-methyl/N-ethyl adjacent to an activating group) is 1. The van der Waals surface area contributed by atoms with E-state index in [0.29, 0.717) is 0 Å². The highest BCUT2D eigenvalue weighted by molar-refractivity contribution is 7.78. The Labute approximate surface area is 303 Å². The zero-order chi connectivity index (χ0) is 32.5. The maximum Gasteiger partial charge on any atom is 0.209 e. The first-order valence-corrected chi connectivity index (χ1v) is 16.9. The third-order valence-electron chi connectivity index (χ3n) is 9.82. The number of anilines is 1. The number of isothiocyanates is 1. The van der Waals surface area contributed by atoms with Crippen molar-refractivity contribution in [2.24, 2.45) is 4.99 Å². The fourth-order valence-electron chi connectivity index (χ4n) is 7.43. The van der Waals surface area contributed by atoms with Gasteiger partial charge in [-0.05, 0) is 118 Å². The van der Waals surface area contributed by atoms with Crippen LogP contribution < -0.4 is 33.6 Å². The van der Waals surface area contributed by atoms with E-state index in [1.54, 1.807) is 0 Å². The Bertz CT molecular complexity index is 1870. The Morgan fingerprint density at radius 1 is 0.872 bits per heavy atom. The number of allylic oxidation sites excluding steroid dienone is 7. The minimum atomic E-state index is -0.0901. The topological polar surface area (TPSA) is 27.8 Å². The van der Waals surface area contributed by atoms with E-state index in [0.717, 1.165) is 49.5 Å². The Morgan fingerprint density at radius 2 is 1.57 bits per heavy atom. The first-order valence-electron chi connectivity index (χ1n) is 16.5. The fraction of sp³-hybridized carbons (Fsp3) is 0.317. The van der Waals surface area contributed by atoms with Gasteiger partial charge in [0.25, 0.3) is 0 Å². The molecule has 0 spiro atoms. The molecule has 0 radical (unpaired) electrons. The minimum Gasteiger partial charge on any atom is -1.00 e. The molecule has 0 amide bonds. The highest BCUT2D eigenvalue weighted by Crippen LogP contribution is 2.48. The number of fused-ring (bicyclic) bond motifs is 2. The number of hydrogen-bond acceptors (Lipinski definition) is 4. The average molecular weight is 754 g/mol. The van der Waals surface area contributed by atoms with E-state index in [-0.39, 0.29) is 34.8 Å². The smallest absolute Gasteiger partial charge is 0.209 e. The van der Waals surface area contributed by atoms with Crippen LogP contribution in [0.15, 0.2) is 125 Å². The van der Waals surface area contributed by atoms with Crippen LogP contribution in [0.3, 0.4) is 0 Å². The van der Waals surface area contributed by atoms with Gasteiger partial charge in [0.1, 0.15) is 18.1 Å². The summed E-state index contributed by atoms with van der Waals surface area (Å²) in [6, 6.07) is 25.3. The van der Waals surface area contributed by atoms with Crippen molar-refractivity contribution < 1.29 is 33.3 Å². The Hall–Kier alpha value is -3.58. The summed E-state index contributed by atoms with van der Waals surface area (Å²) < 4.78 is 9.23. The molecule has 0 saturated carbocycles. The molecule has 1 aliphatic carbocycles. The molecule has 2 heterocycles. The van der Waals surface area contributed by atoms with E-state index >= 15 is 0 Å². The second-order valence-corrected chi connectivity index (χ2v) is 13.4. The predicted molar refractivity (Wildman–Crippen MR) is 195 cm³/mol. The van der Waals surface area contributed by atoms with Gasteiger partial charge in [0.05, 0.1) is 16.3 Å². The number of ether oxygens (including phenoxy) is 1. The minimum absolute atomic E-state index is 0. The van der Waals surface area contributed by atoms with Crippen molar-refractivity contribution in [3.63, 3.8) is 0 Å². The number of halogens is 1. The first kappa shape index (κ1) is 34.7. The summed E-state index contributed by atoms with van der Waals surface area (Å²) in [5.74, 6) is 1.73. The number of rotatable bonds is 8. The molecular formula is C41H44IN3OS. The number of thiocarbonyl (C=S) groups is 1. The SMILES string of the molecule is CCN1/C(=C/C=C2\CCCC(/C=C/C3=[N+](CC)c4ccccc4C3(C)C)=C2Oc2ccc(N=C=S)cc2)C(C)(C)c2ccccc21.[I-]. The van der Waals surface area contributed by atoms with Crippen LogP contribution in [0, 0.1) is 0 Å². The van der Waals surface area contributed by atoms with Crippen molar-refractivity contribution >= 4 is 40.2 Å². The molecule has 0 atom stereocenters. The Morgan fingerprint density at radius 3 is 2.28 bits per heavy atom. The van der Waals surface area contributed by atoms with Gasteiger partial charge in [0.2, 0.25) is 5.69 Å².